The van der Waals surface area contributed by atoms with Gasteiger partial charge < -0.3 is 9.88 Å². The van der Waals surface area contributed by atoms with Crippen LogP contribution in [0.3, 0.4) is 0 Å². The second kappa shape index (κ2) is 7.33. The number of H-pyrrole nitrogens is 1. The summed E-state index contributed by atoms with van der Waals surface area (Å²) in [5, 5.41) is 5.62. The van der Waals surface area contributed by atoms with Crippen LogP contribution < -0.4 is 5.69 Å². The Balaban J connectivity index is 1.45. The molecule has 2 aromatic heterocycles. The van der Waals surface area contributed by atoms with Crippen molar-refractivity contribution in [3.8, 4) is 5.69 Å². The number of aromatic amines is 1. The molecule has 4 aromatic rings. The van der Waals surface area contributed by atoms with E-state index in [1.54, 1.807) is 11.6 Å². The monoisotopic (exact) mass is 401 g/mol. The Morgan fingerprint density at radius 1 is 1.13 bits per heavy atom. The van der Waals surface area contributed by atoms with E-state index >= 15 is 0 Å². The Labute approximate surface area is 173 Å². The summed E-state index contributed by atoms with van der Waals surface area (Å²) in [7, 11) is 1.67. The van der Waals surface area contributed by atoms with Crippen molar-refractivity contribution in [3.63, 3.8) is 0 Å². The van der Waals surface area contributed by atoms with E-state index in [-0.39, 0.29) is 17.5 Å². The zero-order valence-corrected chi connectivity index (χ0v) is 16.8. The predicted octanol–water partition coefficient (Wildman–Crippen LogP) is 3.07. The van der Waals surface area contributed by atoms with Crippen LogP contribution in [0.5, 0.6) is 0 Å². The molecule has 1 N–H and O–H groups in total. The number of rotatable bonds is 3. The molecule has 0 spiro atoms. The number of carbonyl (C=O) groups excluding carboxylic acids is 1. The number of benzene rings is 2. The summed E-state index contributed by atoms with van der Waals surface area (Å²) < 4.78 is 3.05. The van der Waals surface area contributed by atoms with Gasteiger partial charge in [-0.1, -0.05) is 24.3 Å². The fraction of sp³-hybridized carbons (Fsp3) is 0.261. The third-order valence-electron chi connectivity index (χ3n) is 5.84. The van der Waals surface area contributed by atoms with Gasteiger partial charge in [-0.25, -0.2) is 14.0 Å². The van der Waals surface area contributed by atoms with E-state index in [1.807, 2.05) is 65.7 Å². The quantitative estimate of drug-likeness (QED) is 0.573. The lowest BCUT2D eigenvalue weighted by Gasteiger charge is -2.32. The van der Waals surface area contributed by atoms with Crippen LogP contribution in [0.15, 0.2) is 65.6 Å². The molecule has 2 aromatic carbocycles. The van der Waals surface area contributed by atoms with E-state index in [2.05, 4.69) is 10.1 Å². The fourth-order valence-electron chi connectivity index (χ4n) is 4.30. The molecule has 1 amide bonds. The number of nitrogens with zero attached hydrogens (tertiary/aromatic N) is 4. The van der Waals surface area contributed by atoms with Crippen molar-refractivity contribution in [2.24, 2.45) is 7.05 Å². The van der Waals surface area contributed by atoms with Gasteiger partial charge in [0.05, 0.1) is 5.69 Å². The van der Waals surface area contributed by atoms with Gasteiger partial charge in [-0.2, -0.15) is 5.10 Å². The van der Waals surface area contributed by atoms with Crippen LogP contribution in [-0.4, -0.2) is 43.2 Å². The normalized spacial score (nSPS) is 16.8. The zero-order chi connectivity index (χ0) is 20.7. The summed E-state index contributed by atoms with van der Waals surface area (Å²) in [6.07, 6.45) is 3.64. The number of carbonyl (C=O) groups is 1. The summed E-state index contributed by atoms with van der Waals surface area (Å²) in [5.41, 5.74) is 2.26. The van der Waals surface area contributed by atoms with Crippen molar-refractivity contribution < 1.29 is 4.79 Å². The lowest BCUT2D eigenvalue weighted by Crippen LogP contribution is -2.40. The number of piperidine rings is 1. The molecule has 1 atom stereocenters. The number of hydrogen-bond donors (Lipinski definition) is 1. The van der Waals surface area contributed by atoms with Crippen LogP contribution in [0.25, 0.3) is 16.6 Å². The third kappa shape index (κ3) is 3.12. The Bertz CT molecular complexity index is 1270. The van der Waals surface area contributed by atoms with E-state index in [4.69, 9.17) is 0 Å². The molecule has 152 valence electrons. The van der Waals surface area contributed by atoms with Gasteiger partial charge in [-0.05, 0) is 48.6 Å². The summed E-state index contributed by atoms with van der Waals surface area (Å²) in [6, 6.07) is 17.3. The largest absolute Gasteiger partial charge is 0.361 e. The minimum absolute atomic E-state index is 0.00558. The number of hydrogen-bond acceptors (Lipinski definition) is 3. The number of fused-ring (bicyclic) bond motifs is 1. The van der Waals surface area contributed by atoms with Crippen LogP contribution >= 0.6 is 0 Å². The molecule has 0 saturated carbocycles. The van der Waals surface area contributed by atoms with E-state index in [1.165, 1.54) is 4.68 Å². The first-order valence-corrected chi connectivity index (χ1v) is 10.2. The van der Waals surface area contributed by atoms with Gasteiger partial charge in [0, 0.05) is 43.3 Å². The van der Waals surface area contributed by atoms with Gasteiger partial charge >= 0.3 is 5.69 Å². The highest BCUT2D eigenvalue weighted by Gasteiger charge is 2.30. The number of nitrogens with one attached hydrogen (secondary N) is 1. The summed E-state index contributed by atoms with van der Waals surface area (Å²) in [4.78, 5) is 31.0. The molecule has 0 bridgehead atoms. The molecule has 0 aliphatic carbocycles. The van der Waals surface area contributed by atoms with Crippen LogP contribution in [0.4, 0.5) is 0 Å². The van der Waals surface area contributed by atoms with E-state index in [0.717, 1.165) is 29.4 Å². The lowest BCUT2D eigenvalue weighted by atomic mass is 9.96. The maximum atomic E-state index is 13.2. The van der Waals surface area contributed by atoms with Crippen molar-refractivity contribution in [2.75, 3.05) is 13.1 Å². The SMILES string of the molecule is Cn1nc([C@@H]2CCCN(C(=O)c3ccc4cc[nH]c4c3)C2)n(-c2ccccc2)c1=O. The third-order valence-corrected chi connectivity index (χ3v) is 5.84. The van der Waals surface area contributed by atoms with Crippen molar-refractivity contribution in [1.82, 2.24) is 24.2 Å². The van der Waals surface area contributed by atoms with E-state index in [0.29, 0.717) is 24.5 Å². The first kappa shape index (κ1) is 18.4. The predicted molar refractivity (Wildman–Crippen MR) is 115 cm³/mol. The van der Waals surface area contributed by atoms with E-state index < -0.39 is 0 Å². The average Bonchev–Trinajstić information content (AvgIpc) is 3.37. The number of para-hydroxylation sites is 1. The van der Waals surface area contributed by atoms with Gasteiger partial charge in [0.2, 0.25) is 0 Å². The Morgan fingerprint density at radius 3 is 2.80 bits per heavy atom. The van der Waals surface area contributed by atoms with E-state index in [9.17, 15) is 9.59 Å². The van der Waals surface area contributed by atoms with Crippen LogP contribution in [0.2, 0.25) is 0 Å². The molecule has 30 heavy (non-hydrogen) atoms. The molecule has 0 unspecified atom stereocenters. The van der Waals surface area contributed by atoms with Gasteiger partial charge in [-0.3, -0.25) is 4.79 Å². The van der Waals surface area contributed by atoms with Crippen molar-refractivity contribution >= 4 is 16.8 Å². The zero-order valence-electron chi connectivity index (χ0n) is 16.8. The molecule has 7 heteroatoms. The second-order valence-electron chi connectivity index (χ2n) is 7.81. The minimum Gasteiger partial charge on any atom is -0.361 e. The van der Waals surface area contributed by atoms with Crippen LogP contribution in [0, 0.1) is 0 Å². The Morgan fingerprint density at radius 2 is 1.97 bits per heavy atom. The smallest absolute Gasteiger partial charge is 0.350 e. The van der Waals surface area contributed by atoms with Gasteiger partial charge in [-0.15, -0.1) is 0 Å². The summed E-state index contributed by atoms with van der Waals surface area (Å²) in [5.74, 6) is 0.734. The number of aromatic nitrogens is 4. The molecule has 3 heterocycles. The first-order valence-electron chi connectivity index (χ1n) is 10.2. The first-order chi connectivity index (χ1) is 14.6. The standard InChI is InChI=1S/C23H23N5O2/c1-26-23(30)28(19-7-3-2-4-8-19)21(25-26)18-6-5-13-27(15-18)22(29)17-10-9-16-11-12-24-20(16)14-17/h2-4,7-12,14,18,24H,5-6,13,15H2,1H3/t18-/m1/s1. The Kier molecular flexibility index (Phi) is 4.50. The van der Waals surface area contributed by atoms with Crippen LogP contribution in [-0.2, 0) is 7.05 Å². The Hall–Kier alpha value is -3.61. The van der Waals surface area contributed by atoms with Crippen molar-refractivity contribution in [1.29, 1.82) is 0 Å². The molecular formula is C23H23N5O2. The molecule has 1 aliphatic heterocycles. The molecule has 0 radical (unpaired) electrons. The number of aryl methyl sites for hydroxylation is 1. The highest BCUT2D eigenvalue weighted by atomic mass is 16.2. The number of amides is 1. The van der Waals surface area contributed by atoms with Gasteiger partial charge in [0.1, 0.15) is 5.82 Å². The lowest BCUT2D eigenvalue weighted by molar-refractivity contribution is 0.0704. The molecule has 5 rings (SSSR count). The summed E-state index contributed by atoms with van der Waals surface area (Å²) >= 11 is 0. The van der Waals surface area contributed by atoms with Gasteiger partial charge in [0.15, 0.2) is 0 Å². The molecular weight excluding hydrogens is 378 g/mol. The van der Waals surface area contributed by atoms with Crippen molar-refractivity contribution in [2.45, 2.75) is 18.8 Å². The average molecular weight is 401 g/mol. The molecule has 7 nitrogen and oxygen atoms in total. The highest BCUT2D eigenvalue weighted by molar-refractivity contribution is 5.98. The van der Waals surface area contributed by atoms with Gasteiger partial charge in [0.25, 0.3) is 5.91 Å². The van der Waals surface area contributed by atoms with Crippen molar-refractivity contribution in [3.05, 3.63) is 82.7 Å². The minimum atomic E-state index is -0.170. The number of likely N-dealkylation sites (tertiary alicyclic amines) is 1. The summed E-state index contributed by atoms with van der Waals surface area (Å²) in [6.45, 7) is 1.26. The maximum Gasteiger partial charge on any atom is 0.350 e. The molecule has 1 saturated heterocycles. The van der Waals surface area contributed by atoms with Crippen LogP contribution in [0.1, 0.15) is 34.9 Å². The topological polar surface area (TPSA) is 75.9 Å². The highest BCUT2D eigenvalue weighted by Crippen LogP contribution is 2.28. The fourth-order valence-corrected chi connectivity index (χ4v) is 4.30. The second-order valence-corrected chi connectivity index (χ2v) is 7.81. The molecule has 1 aliphatic rings. The molecule has 1 fully saturated rings. The maximum absolute atomic E-state index is 13.2.